The standard InChI is InChI=1S/C37H73NO5S/c1-3-5-7-9-11-13-15-16-17-18-19-20-21-23-25-27-29-31-33-37(40)38-35(34-44(41,42)43)36(39)32-30-28-26-24-22-14-12-10-8-6-4-2/h17-18,35-36,39H,3-16,19-34H2,1-2H3,(H,38,40)(H,41,42,43)/b18-17-. The molecule has 6 nitrogen and oxygen atoms in total. The molecule has 0 saturated heterocycles. The van der Waals surface area contributed by atoms with E-state index in [1.165, 1.54) is 135 Å². The number of carbonyl (C=O) groups excluding carboxylic acids is 1. The molecule has 0 aliphatic heterocycles. The maximum Gasteiger partial charge on any atom is 0.266 e. The van der Waals surface area contributed by atoms with Gasteiger partial charge in [-0.05, 0) is 38.5 Å². The highest BCUT2D eigenvalue weighted by Gasteiger charge is 2.26. The summed E-state index contributed by atoms with van der Waals surface area (Å²) < 4.78 is 32.4. The minimum Gasteiger partial charge on any atom is -0.391 e. The van der Waals surface area contributed by atoms with Gasteiger partial charge in [-0.2, -0.15) is 8.42 Å². The van der Waals surface area contributed by atoms with E-state index in [9.17, 15) is 22.9 Å². The Labute approximate surface area is 273 Å². The molecule has 0 aromatic rings. The third kappa shape index (κ3) is 32.5. The van der Waals surface area contributed by atoms with Crippen LogP contribution in [-0.2, 0) is 14.9 Å². The minimum atomic E-state index is -4.30. The lowest BCUT2D eigenvalue weighted by Crippen LogP contribution is -2.47. The second-order valence-electron chi connectivity index (χ2n) is 13.2. The normalized spacial score (nSPS) is 13.5. The fourth-order valence-corrected chi connectivity index (χ4v) is 6.62. The van der Waals surface area contributed by atoms with Gasteiger partial charge in [0.2, 0.25) is 5.91 Å². The number of carbonyl (C=O) groups is 1. The Morgan fingerprint density at radius 1 is 0.591 bits per heavy atom. The van der Waals surface area contributed by atoms with E-state index in [1.807, 2.05) is 0 Å². The summed E-state index contributed by atoms with van der Waals surface area (Å²) in [6.07, 6.45) is 37.3. The van der Waals surface area contributed by atoms with Crippen molar-refractivity contribution in [3.8, 4) is 0 Å². The molecule has 0 radical (unpaired) electrons. The zero-order chi connectivity index (χ0) is 32.6. The van der Waals surface area contributed by atoms with E-state index in [-0.39, 0.29) is 5.91 Å². The number of rotatable bonds is 34. The quantitative estimate of drug-likeness (QED) is 0.0368. The Hall–Kier alpha value is -0.920. The van der Waals surface area contributed by atoms with Crippen molar-refractivity contribution in [2.24, 2.45) is 0 Å². The molecule has 0 aliphatic rings. The van der Waals surface area contributed by atoms with Crippen molar-refractivity contribution in [1.29, 1.82) is 0 Å². The van der Waals surface area contributed by atoms with E-state index in [2.05, 4.69) is 31.3 Å². The summed E-state index contributed by atoms with van der Waals surface area (Å²) in [5.41, 5.74) is 0. The number of hydrogen-bond donors (Lipinski definition) is 3. The average molecular weight is 644 g/mol. The summed E-state index contributed by atoms with van der Waals surface area (Å²) in [5.74, 6) is -0.897. The van der Waals surface area contributed by atoms with Crippen molar-refractivity contribution >= 4 is 16.0 Å². The first kappa shape index (κ1) is 43.1. The molecule has 3 N–H and O–H groups in total. The van der Waals surface area contributed by atoms with Crippen LogP contribution in [0.5, 0.6) is 0 Å². The lowest BCUT2D eigenvalue weighted by molar-refractivity contribution is -0.122. The number of hydrogen-bond acceptors (Lipinski definition) is 4. The summed E-state index contributed by atoms with van der Waals surface area (Å²) >= 11 is 0. The van der Waals surface area contributed by atoms with Crippen LogP contribution < -0.4 is 5.32 Å². The van der Waals surface area contributed by atoms with Gasteiger partial charge in [0.25, 0.3) is 10.1 Å². The van der Waals surface area contributed by atoms with Gasteiger partial charge in [0, 0.05) is 6.42 Å². The van der Waals surface area contributed by atoms with Crippen LogP contribution in [0.4, 0.5) is 0 Å². The summed E-state index contributed by atoms with van der Waals surface area (Å²) in [6, 6.07) is -0.967. The maximum absolute atomic E-state index is 12.5. The number of aliphatic hydroxyl groups is 1. The highest BCUT2D eigenvalue weighted by atomic mass is 32.2. The number of nitrogens with one attached hydrogen (secondary N) is 1. The number of aliphatic hydroxyl groups excluding tert-OH is 1. The summed E-state index contributed by atoms with van der Waals surface area (Å²) in [4.78, 5) is 12.5. The van der Waals surface area contributed by atoms with Crippen LogP contribution in [0.15, 0.2) is 12.2 Å². The molecule has 0 fully saturated rings. The lowest BCUT2D eigenvalue weighted by atomic mass is 10.0. The van der Waals surface area contributed by atoms with E-state index < -0.39 is 28.0 Å². The Kier molecular flexibility index (Phi) is 31.4. The van der Waals surface area contributed by atoms with E-state index >= 15 is 0 Å². The molecule has 0 aromatic heterocycles. The molecule has 1 amide bonds. The monoisotopic (exact) mass is 644 g/mol. The molecule has 262 valence electrons. The van der Waals surface area contributed by atoms with Crippen molar-refractivity contribution in [3.05, 3.63) is 12.2 Å². The van der Waals surface area contributed by atoms with Gasteiger partial charge >= 0.3 is 0 Å². The van der Waals surface area contributed by atoms with Crippen molar-refractivity contribution < 1.29 is 22.9 Å². The van der Waals surface area contributed by atoms with Gasteiger partial charge in [0.05, 0.1) is 17.9 Å². The van der Waals surface area contributed by atoms with Gasteiger partial charge in [-0.1, -0.05) is 167 Å². The molecule has 2 unspecified atom stereocenters. The van der Waals surface area contributed by atoms with Crippen LogP contribution >= 0.6 is 0 Å². The van der Waals surface area contributed by atoms with Gasteiger partial charge in [0.1, 0.15) is 0 Å². The average Bonchev–Trinajstić information content (AvgIpc) is 2.98. The zero-order valence-electron chi connectivity index (χ0n) is 29.1. The molecular weight excluding hydrogens is 570 g/mol. The fourth-order valence-electron chi connectivity index (χ4n) is 5.86. The largest absolute Gasteiger partial charge is 0.391 e. The van der Waals surface area contributed by atoms with Crippen molar-refractivity contribution in [1.82, 2.24) is 5.32 Å². The summed E-state index contributed by atoms with van der Waals surface area (Å²) in [7, 11) is -4.30. The van der Waals surface area contributed by atoms with E-state index in [0.717, 1.165) is 38.5 Å². The first-order chi connectivity index (χ1) is 21.3. The Bertz CT molecular complexity index is 755. The van der Waals surface area contributed by atoms with Crippen LogP contribution in [0.1, 0.15) is 200 Å². The third-order valence-electron chi connectivity index (χ3n) is 8.72. The molecule has 0 aliphatic carbocycles. The van der Waals surface area contributed by atoms with Crippen LogP contribution in [0.3, 0.4) is 0 Å². The van der Waals surface area contributed by atoms with Crippen LogP contribution in [0, 0.1) is 0 Å². The molecule has 0 bridgehead atoms. The van der Waals surface area contributed by atoms with Gasteiger partial charge < -0.3 is 10.4 Å². The second-order valence-corrected chi connectivity index (χ2v) is 14.7. The number of unbranched alkanes of at least 4 members (excludes halogenated alkanes) is 24. The molecule has 0 saturated carbocycles. The smallest absolute Gasteiger partial charge is 0.266 e. The molecule has 0 heterocycles. The van der Waals surface area contributed by atoms with E-state index in [1.54, 1.807) is 0 Å². The number of allylic oxidation sites excluding steroid dienone is 2. The molecule has 0 spiro atoms. The first-order valence-electron chi connectivity index (χ1n) is 18.9. The Balaban J connectivity index is 3.87. The summed E-state index contributed by atoms with van der Waals surface area (Å²) in [6.45, 7) is 4.50. The summed E-state index contributed by atoms with van der Waals surface area (Å²) in [5, 5.41) is 13.3. The van der Waals surface area contributed by atoms with Crippen LogP contribution in [0.2, 0.25) is 0 Å². The van der Waals surface area contributed by atoms with Crippen LogP contribution in [0.25, 0.3) is 0 Å². The molecule has 0 rings (SSSR count). The predicted octanol–water partition coefficient (Wildman–Crippen LogP) is 10.6. The second kappa shape index (κ2) is 32.0. The third-order valence-corrected chi connectivity index (χ3v) is 9.50. The molecule has 7 heteroatoms. The van der Waals surface area contributed by atoms with Gasteiger partial charge in [0.15, 0.2) is 0 Å². The highest BCUT2D eigenvalue weighted by molar-refractivity contribution is 7.85. The van der Waals surface area contributed by atoms with Crippen molar-refractivity contribution in [2.45, 2.75) is 212 Å². The van der Waals surface area contributed by atoms with E-state index in [4.69, 9.17) is 0 Å². The van der Waals surface area contributed by atoms with Gasteiger partial charge in [-0.15, -0.1) is 0 Å². The lowest BCUT2D eigenvalue weighted by Gasteiger charge is -2.23. The first-order valence-corrected chi connectivity index (χ1v) is 20.5. The van der Waals surface area contributed by atoms with Crippen LogP contribution in [-0.4, -0.2) is 41.9 Å². The van der Waals surface area contributed by atoms with Crippen molar-refractivity contribution in [2.75, 3.05) is 5.75 Å². The topological polar surface area (TPSA) is 104 Å². The van der Waals surface area contributed by atoms with Crippen molar-refractivity contribution in [3.63, 3.8) is 0 Å². The molecule has 0 aromatic carbocycles. The molecule has 44 heavy (non-hydrogen) atoms. The van der Waals surface area contributed by atoms with Gasteiger partial charge in [-0.3, -0.25) is 9.35 Å². The maximum atomic E-state index is 12.5. The highest BCUT2D eigenvalue weighted by Crippen LogP contribution is 2.15. The SMILES string of the molecule is CCCCCCCCC/C=C\CCCCCCCCCC(=O)NC(CS(=O)(=O)O)C(O)CCCCCCCCCCCCC. The predicted molar refractivity (Wildman–Crippen MR) is 189 cm³/mol. The molecule has 2 atom stereocenters. The Morgan fingerprint density at radius 2 is 0.955 bits per heavy atom. The zero-order valence-corrected chi connectivity index (χ0v) is 29.9. The number of amides is 1. The van der Waals surface area contributed by atoms with Gasteiger partial charge in [-0.25, -0.2) is 0 Å². The molecular formula is C37H73NO5S. The minimum absolute atomic E-state index is 0.250. The Morgan fingerprint density at radius 3 is 1.36 bits per heavy atom. The van der Waals surface area contributed by atoms with E-state index in [0.29, 0.717) is 12.8 Å². The fraction of sp³-hybridized carbons (Fsp3) is 0.919.